The van der Waals surface area contributed by atoms with Gasteiger partial charge >= 0.3 is 12.4 Å². The number of carbonyl (C=O) groups excluding carboxylic acids is 1. The quantitative estimate of drug-likeness (QED) is 0.325. The van der Waals surface area contributed by atoms with Crippen LogP contribution in [0.2, 0.25) is 0 Å². The first-order valence-corrected chi connectivity index (χ1v) is 11.9. The van der Waals surface area contributed by atoms with Crippen molar-refractivity contribution in [2.24, 2.45) is 0 Å². The number of carbonyl (C=O) groups is 1. The largest absolute Gasteiger partial charge is 0.417 e. The SMILES string of the molecule is N#Cc1ccc(NC(=O)C(O)(CS(=O)(=O)c2ccc(F)cc2)c2ccc(C(F)(F)F)cc2)cc1C(F)(F)F. The smallest absolute Gasteiger partial charge is 0.374 e. The lowest BCUT2D eigenvalue weighted by Gasteiger charge is -2.28. The van der Waals surface area contributed by atoms with Crippen LogP contribution in [0.5, 0.6) is 0 Å². The minimum Gasteiger partial charge on any atom is -0.374 e. The number of anilines is 1. The Hall–Kier alpha value is -3.96. The first kappa shape index (κ1) is 28.6. The van der Waals surface area contributed by atoms with Crippen molar-refractivity contribution >= 4 is 21.4 Å². The molecule has 1 atom stereocenters. The molecule has 3 aromatic carbocycles. The Labute approximate surface area is 210 Å². The molecule has 38 heavy (non-hydrogen) atoms. The Morgan fingerprint density at radius 2 is 1.42 bits per heavy atom. The standard InChI is InChI=1S/C24H15F7N2O4S/c25-17-6-9-19(10-7-17)38(36,37)13-22(35,15-2-4-16(5-3-15)23(26,27)28)21(34)33-18-8-1-14(12-32)20(11-18)24(29,30)31/h1-11,35H,13H2,(H,33,34). The van der Waals surface area contributed by atoms with Gasteiger partial charge in [0.15, 0.2) is 15.4 Å². The van der Waals surface area contributed by atoms with Gasteiger partial charge < -0.3 is 10.4 Å². The van der Waals surface area contributed by atoms with Crippen LogP contribution in [0.1, 0.15) is 22.3 Å². The second-order valence-electron chi connectivity index (χ2n) is 7.97. The van der Waals surface area contributed by atoms with Gasteiger partial charge in [0.1, 0.15) is 5.82 Å². The highest BCUT2D eigenvalue weighted by Gasteiger charge is 2.44. The zero-order chi connectivity index (χ0) is 28.5. The average molecular weight is 560 g/mol. The maximum absolute atomic E-state index is 13.3. The lowest BCUT2D eigenvalue weighted by molar-refractivity contribution is -0.138. The summed E-state index contributed by atoms with van der Waals surface area (Å²) in [6.45, 7) is 0. The number of nitrogens with zero attached hydrogens (tertiary/aromatic N) is 1. The van der Waals surface area contributed by atoms with E-state index in [1.165, 1.54) is 6.07 Å². The number of hydrogen-bond donors (Lipinski definition) is 2. The summed E-state index contributed by atoms with van der Waals surface area (Å²) in [5.41, 5.74) is -7.75. The molecular formula is C24H15F7N2O4S. The van der Waals surface area contributed by atoms with Crippen molar-refractivity contribution in [2.75, 3.05) is 11.1 Å². The molecule has 1 unspecified atom stereocenters. The van der Waals surface area contributed by atoms with E-state index in [-0.39, 0.29) is 0 Å². The van der Waals surface area contributed by atoms with Crippen LogP contribution < -0.4 is 5.32 Å². The molecule has 3 aromatic rings. The zero-order valence-corrected chi connectivity index (χ0v) is 19.5. The van der Waals surface area contributed by atoms with E-state index in [2.05, 4.69) is 0 Å². The summed E-state index contributed by atoms with van der Waals surface area (Å²) >= 11 is 0. The highest BCUT2D eigenvalue weighted by atomic mass is 32.2. The van der Waals surface area contributed by atoms with Gasteiger partial charge in [0, 0.05) is 5.69 Å². The molecule has 200 valence electrons. The number of amides is 1. The van der Waals surface area contributed by atoms with Crippen LogP contribution in [0.3, 0.4) is 0 Å². The van der Waals surface area contributed by atoms with Crippen molar-refractivity contribution in [3.63, 3.8) is 0 Å². The van der Waals surface area contributed by atoms with E-state index >= 15 is 0 Å². The predicted octanol–water partition coefficient (Wildman–Crippen LogP) is 5.04. The fraction of sp³-hybridized carbons (Fsp3) is 0.167. The second kappa shape index (κ2) is 10.1. The number of halogens is 7. The maximum Gasteiger partial charge on any atom is 0.417 e. The van der Waals surface area contributed by atoms with Gasteiger partial charge in [-0.25, -0.2) is 12.8 Å². The van der Waals surface area contributed by atoms with E-state index < -0.39 is 78.1 Å². The van der Waals surface area contributed by atoms with Crippen molar-refractivity contribution in [3.05, 3.63) is 94.8 Å². The molecule has 0 aromatic heterocycles. The third-order valence-corrected chi connectivity index (χ3v) is 7.13. The molecule has 0 spiro atoms. The molecule has 0 heterocycles. The van der Waals surface area contributed by atoms with Crippen molar-refractivity contribution in [1.29, 1.82) is 5.26 Å². The molecule has 0 fully saturated rings. The first-order valence-electron chi connectivity index (χ1n) is 10.3. The summed E-state index contributed by atoms with van der Waals surface area (Å²) in [6.07, 6.45) is -9.82. The molecule has 0 radical (unpaired) electrons. The fourth-order valence-electron chi connectivity index (χ4n) is 3.40. The zero-order valence-electron chi connectivity index (χ0n) is 18.7. The number of alkyl halides is 6. The van der Waals surface area contributed by atoms with Crippen LogP contribution >= 0.6 is 0 Å². The summed E-state index contributed by atoms with van der Waals surface area (Å²) in [4.78, 5) is 12.6. The summed E-state index contributed by atoms with van der Waals surface area (Å²) in [5, 5.41) is 22.1. The number of nitrogens with one attached hydrogen (secondary N) is 1. The Kier molecular flexibility index (Phi) is 7.58. The monoisotopic (exact) mass is 560 g/mol. The Morgan fingerprint density at radius 1 is 0.868 bits per heavy atom. The van der Waals surface area contributed by atoms with Gasteiger partial charge in [0.05, 0.1) is 33.4 Å². The highest BCUT2D eigenvalue weighted by molar-refractivity contribution is 7.91. The number of sulfone groups is 1. The van der Waals surface area contributed by atoms with Gasteiger partial charge in [-0.15, -0.1) is 0 Å². The van der Waals surface area contributed by atoms with Crippen LogP contribution in [0.4, 0.5) is 36.4 Å². The Bertz CT molecular complexity index is 1500. The van der Waals surface area contributed by atoms with Crippen molar-refractivity contribution in [1.82, 2.24) is 0 Å². The normalized spacial score (nSPS) is 13.9. The van der Waals surface area contributed by atoms with Gasteiger partial charge in [-0.3, -0.25) is 4.79 Å². The van der Waals surface area contributed by atoms with Crippen molar-refractivity contribution in [2.45, 2.75) is 22.8 Å². The first-order chi connectivity index (χ1) is 17.5. The third-order valence-electron chi connectivity index (χ3n) is 5.34. The van der Waals surface area contributed by atoms with E-state index in [0.717, 1.165) is 36.4 Å². The topological polar surface area (TPSA) is 107 Å². The second-order valence-corrected chi connectivity index (χ2v) is 9.96. The minimum absolute atomic E-state index is 0.373. The highest BCUT2D eigenvalue weighted by Crippen LogP contribution is 2.35. The Morgan fingerprint density at radius 3 is 1.92 bits per heavy atom. The van der Waals surface area contributed by atoms with E-state index in [9.17, 15) is 49.1 Å². The third kappa shape index (κ3) is 6.12. The van der Waals surface area contributed by atoms with Crippen LogP contribution in [0, 0.1) is 17.1 Å². The van der Waals surface area contributed by atoms with E-state index in [1.54, 1.807) is 0 Å². The van der Waals surface area contributed by atoms with Gasteiger partial charge in [-0.05, 0) is 60.2 Å². The Balaban J connectivity index is 2.09. The van der Waals surface area contributed by atoms with Crippen molar-refractivity contribution in [3.8, 4) is 6.07 Å². The molecular weight excluding hydrogens is 545 g/mol. The average Bonchev–Trinajstić information content (AvgIpc) is 2.83. The van der Waals surface area contributed by atoms with Crippen LogP contribution in [0.15, 0.2) is 71.6 Å². The van der Waals surface area contributed by atoms with Gasteiger partial charge in [-0.2, -0.15) is 31.6 Å². The predicted molar refractivity (Wildman–Crippen MR) is 119 cm³/mol. The molecule has 6 nitrogen and oxygen atoms in total. The molecule has 14 heteroatoms. The van der Waals surface area contributed by atoms with E-state index in [4.69, 9.17) is 5.26 Å². The van der Waals surface area contributed by atoms with E-state index in [1.807, 2.05) is 5.32 Å². The molecule has 0 aliphatic carbocycles. The number of hydrogen-bond acceptors (Lipinski definition) is 5. The molecule has 0 saturated carbocycles. The summed E-state index contributed by atoms with van der Waals surface area (Å²) in [5.74, 6) is -3.87. The maximum atomic E-state index is 13.3. The summed E-state index contributed by atoms with van der Waals surface area (Å²) < 4.78 is 118. The van der Waals surface area contributed by atoms with Crippen molar-refractivity contribution < 1.29 is 49.1 Å². The number of nitriles is 1. The lowest BCUT2D eigenvalue weighted by atomic mass is 9.93. The van der Waals surface area contributed by atoms with E-state index in [0.29, 0.717) is 30.3 Å². The number of benzene rings is 3. The van der Waals surface area contributed by atoms with Crippen LogP contribution in [-0.4, -0.2) is 25.2 Å². The summed E-state index contributed by atoms with van der Waals surface area (Å²) in [7, 11) is -4.62. The molecule has 0 bridgehead atoms. The molecule has 0 aliphatic heterocycles. The summed E-state index contributed by atoms with van der Waals surface area (Å²) in [6, 6.07) is 8.75. The number of aliphatic hydroxyl groups is 1. The molecule has 0 saturated heterocycles. The van der Waals surface area contributed by atoms with Gasteiger partial charge in [0.25, 0.3) is 5.91 Å². The van der Waals surface area contributed by atoms with Crippen LogP contribution in [0.25, 0.3) is 0 Å². The van der Waals surface area contributed by atoms with Crippen LogP contribution in [-0.2, 0) is 32.6 Å². The minimum atomic E-state index is -5.01. The van der Waals surface area contributed by atoms with Gasteiger partial charge in [0.2, 0.25) is 0 Å². The molecule has 1 amide bonds. The van der Waals surface area contributed by atoms with Gasteiger partial charge in [-0.1, -0.05) is 12.1 Å². The molecule has 0 aliphatic rings. The molecule has 2 N–H and O–H groups in total. The fourth-order valence-corrected chi connectivity index (χ4v) is 4.97. The lowest BCUT2D eigenvalue weighted by Crippen LogP contribution is -2.46. The molecule has 3 rings (SSSR count). The number of rotatable bonds is 6.